The first-order valence-corrected chi connectivity index (χ1v) is 5.49. The van der Waals surface area contributed by atoms with Gasteiger partial charge in [0.25, 0.3) is 6.01 Å². The number of rotatable bonds is 2. The van der Waals surface area contributed by atoms with E-state index in [-0.39, 0.29) is 0 Å². The third-order valence-corrected chi connectivity index (χ3v) is 2.76. The summed E-state index contributed by atoms with van der Waals surface area (Å²) < 4.78 is 5.26. The highest BCUT2D eigenvalue weighted by atomic mass is 16.4. The van der Waals surface area contributed by atoms with E-state index in [0.29, 0.717) is 6.01 Å². The fraction of sp³-hybridized carbons (Fsp3) is 0.0714. The van der Waals surface area contributed by atoms with Crippen molar-refractivity contribution >= 4 is 16.8 Å². The first kappa shape index (κ1) is 9.90. The third-order valence-electron chi connectivity index (χ3n) is 2.76. The SMILES string of the molecule is CNc1nc(-c2ccc3ccccc3c2)co1. The molecule has 0 saturated carbocycles. The Kier molecular flexibility index (Phi) is 2.29. The van der Waals surface area contributed by atoms with Crippen molar-refractivity contribution in [3.63, 3.8) is 0 Å². The molecule has 0 atom stereocenters. The van der Waals surface area contributed by atoms with Crippen LogP contribution < -0.4 is 5.32 Å². The normalized spacial score (nSPS) is 10.6. The lowest BCUT2D eigenvalue weighted by molar-refractivity contribution is 0.576. The second-order valence-electron chi connectivity index (χ2n) is 3.85. The molecule has 17 heavy (non-hydrogen) atoms. The minimum absolute atomic E-state index is 0.535. The summed E-state index contributed by atoms with van der Waals surface area (Å²) in [6, 6.07) is 15.1. The van der Waals surface area contributed by atoms with Gasteiger partial charge in [0.05, 0.1) is 0 Å². The monoisotopic (exact) mass is 224 g/mol. The van der Waals surface area contributed by atoms with Crippen molar-refractivity contribution in [2.75, 3.05) is 12.4 Å². The Morgan fingerprint density at radius 1 is 1.06 bits per heavy atom. The summed E-state index contributed by atoms with van der Waals surface area (Å²) >= 11 is 0. The van der Waals surface area contributed by atoms with Crippen LogP contribution >= 0.6 is 0 Å². The van der Waals surface area contributed by atoms with Crippen LogP contribution in [-0.4, -0.2) is 12.0 Å². The minimum atomic E-state index is 0.535. The number of oxazole rings is 1. The van der Waals surface area contributed by atoms with Gasteiger partial charge in [0.2, 0.25) is 0 Å². The van der Waals surface area contributed by atoms with Crippen LogP contribution in [-0.2, 0) is 0 Å². The molecule has 3 heteroatoms. The average Bonchev–Trinajstić information content (AvgIpc) is 2.87. The lowest BCUT2D eigenvalue weighted by Gasteiger charge is -1.99. The Balaban J connectivity index is 2.11. The minimum Gasteiger partial charge on any atom is -0.432 e. The topological polar surface area (TPSA) is 38.1 Å². The lowest BCUT2D eigenvalue weighted by Crippen LogP contribution is -1.86. The van der Waals surface area contributed by atoms with E-state index in [4.69, 9.17) is 4.42 Å². The van der Waals surface area contributed by atoms with E-state index < -0.39 is 0 Å². The number of hydrogen-bond acceptors (Lipinski definition) is 3. The zero-order chi connectivity index (χ0) is 11.7. The van der Waals surface area contributed by atoms with E-state index in [2.05, 4.69) is 40.6 Å². The molecule has 1 N–H and O–H groups in total. The molecule has 0 aliphatic rings. The van der Waals surface area contributed by atoms with E-state index in [9.17, 15) is 0 Å². The second-order valence-corrected chi connectivity index (χ2v) is 3.85. The molecular formula is C14H12N2O. The van der Waals surface area contributed by atoms with E-state index in [1.54, 1.807) is 13.3 Å². The van der Waals surface area contributed by atoms with Crippen molar-refractivity contribution in [2.45, 2.75) is 0 Å². The maximum atomic E-state index is 5.26. The molecular weight excluding hydrogens is 212 g/mol. The van der Waals surface area contributed by atoms with Crippen LogP contribution in [0.1, 0.15) is 0 Å². The Bertz CT molecular complexity index is 658. The van der Waals surface area contributed by atoms with Crippen LogP contribution in [0.3, 0.4) is 0 Å². The van der Waals surface area contributed by atoms with Crippen molar-refractivity contribution in [3.8, 4) is 11.3 Å². The summed E-state index contributed by atoms with van der Waals surface area (Å²) in [4.78, 5) is 4.33. The number of nitrogens with one attached hydrogen (secondary N) is 1. The quantitative estimate of drug-likeness (QED) is 0.723. The first-order chi connectivity index (χ1) is 8.36. The van der Waals surface area contributed by atoms with E-state index in [1.807, 2.05) is 12.1 Å². The maximum Gasteiger partial charge on any atom is 0.294 e. The van der Waals surface area contributed by atoms with Crippen LogP contribution in [0.5, 0.6) is 0 Å². The van der Waals surface area contributed by atoms with E-state index >= 15 is 0 Å². The molecule has 0 fully saturated rings. The number of hydrogen-bond donors (Lipinski definition) is 1. The fourth-order valence-corrected chi connectivity index (χ4v) is 1.87. The standard InChI is InChI=1S/C14H12N2O/c1-15-14-16-13(9-17-14)12-7-6-10-4-2-3-5-11(10)8-12/h2-9H,1H3,(H,15,16). The van der Waals surface area contributed by atoms with Crippen molar-refractivity contribution in [3.05, 3.63) is 48.7 Å². The van der Waals surface area contributed by atoms with Crippen LogP contribution in [0.2, 0.25) is 0 Å². The molecule has 1 heterocycles. The Labute approximate surface area is 99.1 Å². The molecule has 84 valence electrons. The molecule has 2 aromatic carbocycles. The molecule has 0 amide bonds. The third kappa shape index (κ3) is 1.76. The molecule has 0 unspecified atom stereocenters. The summed E-state index contributed by atoms with van der Waals surface area (Å²) in [5.74, 6) is 0. The lowest BCUT2D eigenvalue weighted by atomic mass is 10.1. The zero-order valence-corrected chi connectivity index (χ0v) is 9.47. The van der Waals surface area contributed by atoms with Gasteiger partial charge in [0.1, 0.15) is 12.0 Å². The summed E-state index contributed by atoms with van der Waals surface area (Å²) in [5.41, 5.74) is 1.91. The molecule has 0 radical (unpaired) electrons. The second kappa shape index (κ2) is 3.94. The van der Waals surface area contributed by atoms with Crippen molar-refractivity contribution < 1.29 is 4.42 Å². The molecule has 0 aliphatic heterocycles. The van der Waals surface area contributed by atoms with Gasteiger partial charge in [-0.05, 0) is 16.8 Å². The van der Waals surface area contributed by atoms with Crippen molar-refractivity contribution in [2.24, 2.45) is 0 Å². The van der Waals surface area contributed by atoms with Gasteiger partial charge < -0.3 is 9.73 Å². The van der Waals surface area contributed by atoms with Crippen LogP contribution in [0, 0.1) is 0 Å². The summed E-state index contributed by atoms with van der Waals surface area (Å²) in [6.45, 7) is 0. The predicted octanol–water partition coefficient (Wildman–Crippen LogP) is 3.54. The van der Waals surface area contributed by atoms with Gasteiger partial charge in [0.15, 0.2) is 0 Å². The van der Waals surface area contributed by atoms with Gasteiger partial charge in [-0.1, -0.05) is 36.4 Å². The molecule has 3 nitrogen and oxygen atoms in total. The molecule has 3 rings (SSSR count). The van der Waals surface area contributed by atoms with Gasteiger partial charge in [-0.2, -0.15) is 4.98 Å². The largest absolute Gasteiger partial charge is 0.432 e. The zero-order valence-electron chi connectivity index (χ0n) is 9.47. The Morgan fingerprint density at radius 2 is 1.88 bits per heavy atom. The average molecular weight is 224 g/mol. The molecule has 0 aliphatic carbocycles. The van der Waals surface area contributed by atoms with Gasteiger partial charge in [-0.25, -0.2) is 0 Å². The maximum absolute atomic E-state index is 5.26. The summed E-state index contributed by atoms with van der Waals surface area (Å²) in [5, 5.41) is 5.31. The smallest absolute Gasteiger partial charge is 0.294 e. The van der Waals surface area contributed by atoms with Gasteiger partial charge in [0, 0.05) is 12.6 Å². The van der Waals surface area contributed by atoms with E-state index in [0.717, 1.165) is 11.3 Å². The number of anilines is 1. The van der Waals surface area contributed by atoms with Crippen molar-refractivity contribution in [1.82, 2.24) is 4.98 Å². The number of nitrogens with zero attached hydrogens (tertiary/aromatic N) is 1. The number of benzene rings is 2. The molecule has 0 spiro atoms. The molecule has 0 saturated heterocycles. The summed E-state index contributed by atoms with van der Waals surface area (Å²) in [7, 11) is 1.79. The van der Waals surface area contributed by atoms with Gasteiger partial charge >= 0.3 is 0 Å². The highest BCUT2D eigenvalue weighted by Gasteiger charge is 2.05. The van der Waals surface area contributed by atoms with E-state index in [1.165, 1.54) is 10.8 Å². The van der Waals surface area contributed by atoms with Gasteiger partial charge in [-0.15, -0.1) is 0 Å². The van der Waals surface area contributed by atoms with Crippen LogP contribution in [0.25, 0.3) is 22.0 Å². The predicted molar refractivity (Wildman–Crippen MR) is 69.0 cm³/mol. The Morgan fingerprint density at radius 3 is 2.65 bits per heavy atom. The number of fused-ring (bicyclic) bond motifs is 1. The van der Waals surface area contributed by atoms with Gasteiger partial charge in [-0.3, -0.25) is 0 Å². The van der Waals surface area contributed by atoms with Crippen LogP contribution in [0.15, 0.2) is 53.1 Å². The molecule has 1 aromatic heterocycles. The summed E-state index contributed by atoms with van der Waals surface area (Å²) in [6.07, 6.45) is 1.66. The molecule has 3 aromatic rings. The first-order valence-electron chi connectivity index (χ1n) is 5.49. The number of aromatic nitrogens is 1. The Hall–Kier alpha value is -2.29. The highest BCUT2D eigenvalue weighted by molar-refractivity contribution is 5.86. The fourth-order valence-electron chi connectivity index (χ4n) is 1.87. The molecule has 0 bridgehead atoms. The van der Waals surface area contributed by atoms with Crippen molar-refractivity contribution in [1.29, 1.82) is 0 Å². The van der Waals surface area contributed by atoms with Crippen LogP contribution in [0.4, 0.5) is 6.01 Å². The highest BCUT2D eigenvalue weighted by Crippen LogP contribution is 2.24.